The van der Waals surface area contributed by atoms with Crippen molar-refractivity contribution in [2.45, 2.75) is 0 Å². The highest BCUT2D eigenvalue weighted by molar-refractivity contribution is 7.18. The molecule has 7 nitrogen and oxygen atoms in total. The van der Waals surface area contributed by atoms with E-state index in [4.69, 9.17) is 0 Å². The Balaban J connectivity index is 1.55. The van der Waals surface area contributed by atoms with E-state index in [1.165, 1.54) is 30.5 Å². The summed E-state index contributed by atoms with van der Waals surface area (Å²) in [6, 6.07) is 14.8. The van der Waals surface area contributed by atoms with E-state index in [-0.39, 0.29) is 10.9 Å². The number of amides is 2. The molecular formula is C17H12FN5O2S. The first-order chi connectivity index (χ1) is 12.6. The minimum absolute atomic E-state index is 0.200. The minimum Gasteiger partial charge on any atom is -0.292 e. The summed E-state index contributed by atoms with van der Waals surface area (Å²) in [4.78, 5) is 23.6. The topological polar surface area (TPSA) is 96.3 Å². The first kappa shape index (κ1) is 17.4. The fourth-order valence-electron chi connectivity index (χ4n) is 1.89. The van der Waals surface area contributed by atoms with Crippen molar-refractivity contribution in [2.75, 3.05) is 5.32 Å². The van der Waals surface area contributed by atoms with Gasteiger partial charge in [0, 0.05) is 5.56 Å². The number of rotatable bonds is 4. The normalized spacial score (nSPS) is 10.7. The number of nitrogens with one attached hydrogen (secondary N) is 2. The largest absolute Gasteiger partial charge is 0.329 e. The third-order valence-electron chi connectivity index (χ3n) is 3.12. The molecule has 3 rings (SSSR count). The van der Waals surface area contributed by atoms with Crippen molar-refractivity contribution in [2.24, 2.45) is 5.10 Å². The summed E-state index contributed by atoms with van der Waals surface area (Å²) in [7, 11) is 0. The van der Waals surface area contributed by atoms with E-state index in [1.807, 2.05) is 30.3 Å². The Hall–Kier alpha value is -3.46. The molecule has 0 bridgehead atoms. The molecule has 0 aliphatic carbocycles. The molecule has 130 valence electrons. The highest BCUT2D eigenvalue weighted by Gasteiger charge is 2.16. The third kappa shape index (κ3) is 4.54. The predicted molar refractivity (Wildman–Crippen MR) is 96.1 cm³/mol. The zero-order valence-corrected chi connectivity index (χ0v) is 14.0. The Labute approximate surface area is 151 Å². The van der Waals surface area contributed by atoms with E-state index in [0.717, 1.165) is 16.9 Å². The zero-order chi connectivity index (χ0) is 18.4. The molecule has 1 heterocycles. The van der Waals surface area contributed by atoms with Crippen LogP contribution in [0, 0.1) is 5.82 Å². The second-order valence-electron chi connectivity index (χ2n) is 4.98. The molecule has 2 amide bonds. The van der Waals surface area contributed by atoms with Crippen LogP contribution >= 0.6 is 11.3 Å². The Morgan fingerprint density at radius 2 is 1.73 bits per heavy atom. The zero-order valence-electron chi connectivity index (χ0n) is 13.2. The molecule has 26 heavy (non-hydrogen) atoms. The van der Waals surface area contributed by atoms with Crippen LogP contribution in [0.5, 0.6) is 0 Å². The minimum atomic E-state index is -0.958. The number of halogens is 1. The van der Waals surface area contributed by atoms with Gasteiger partial charge in [0.2, 0.25) is 5.13 Å². The van der Waals surface area contributed by atoms with Crippen molar-refractivity contribution in [1.29, 1.82) is 0 Å². The summed E-state index contributed by atoms with van der Waals surface area (Å²) in [5.74, 6) is -2.26. The van der Waals surface area contributed by atoms with Crippen molar-refractivity contribution >= 4 is 34.5 Å². The fraction of sp³-hybridized carbons (Fsp3) is 0. The summed E-state index contributed by atoms with van der Waals surface area (Å²) >= 11 is 1.15. The summed E-state index contributed by atoms with van der Waals surface area (Å²) in [6.07, 6.45) is 1.29. The molecule has 0 fully saturated rings. The number of nitrogens with zero attached hydrogens (tertiary/aromatic N) is 3. The molecule has 0 unspecified atom stereocenters. The van der Waals surface area contributed by atoms with Crippen LogP contribution in [-0.4, -0.2) is 28.2 Å². The standard InChI is InChI=1S/C17H12FN5O2S/c18-13-8-6-11(7-9-13)10-19-21-15(25)14(24)20-17-23-22-16(26-17)12-4-2-1-3-5-12/h1-10H,(H,21,25)(H,20,23,24)/b19-10-. The van der Waals surface area contributed by atoms with E-state index < -0.39 is 11.8 Å². The van der Waals surface area contributed by atoms with Crippen molar-refractivity contribution < 1.29 is 14.0 Å². The van der Waals surface area contributed by atoms with E-state index >= 15 is 0 Å². The number of anilines is 1. The number of carbonyl (C=O) groups is 2. The van der Waals surface area contributed by atoms with Gasteiger partial charge in [0.15, 0.2) is 0 Å². The highest BCUT2D eigenvalue weighted by atomic mass is 32.1. The second-order valence-corrected chi connectivity index (χ2v) is 5.96. The molecule has 0 atom stereocenters. The molecule has 1 aromatic heterocycles. The smallest absolute Gasteiger partial charge is 0.292 e. The monoisotopic (exact) mass is 369 g/mol. The fourth-order valence-corrected chi connectivity index (χ4v) is 2.63. The maximum atomic E-state index is 12.8. The van der Waals surface area contributed by atoms with Crippen LogP contribution < -0.4 is 10.7 Å². The Morgan fingerprint density at radius 1 is 1.00 bits per heavy atom. The first-order valence-corrected chi connectivity index (χ1v) is 8.22. The van der Waals surface area contributed by atoms with Gasteiger partial charge in [-0.2, -0.15) is 5.10 Å². The van der Waals surface area contributed by atoms with E-state index in [9.17, 15) is 14.0 Å². The molecule has 0 saturated heterocycles. The Kier molecular flexibility index (Phi) is 5.40. The molecule has 0 aliphatic heterocycles. The predicted octanol–water partition coefficient (Wildman–Crippen LogP) is 2.43. The molecule has 0 aliphatic rings. The maximum absolute atomic E-state index is 12.8. The molecule has 0 saturated carbocycles. The Bertz CT molecular complexity index is 941. The van der Waals surface area contributed by atoms with Crippen LogP contribution in [-0.2, 0) is 9.59 Å². The molecule has 3 aromatic rings. The number of hydrazone groups is 1. The lowest BCUT2D eigenvalue weighted by molar-refractivity contribution is -0.136. The van der Waals surface area contributed by atoms with Crippen molar-refractivity contribution in [3.05, 3.63) is 66.0 Å². The van der Waals surface area contributed by atoms with Crippen molar-refractivity contribution in [1.82, 2.24) is 15.6 Å². The van der Waals surface area contributed by atoms with Crippen molar-refractivity contribution in [3.8, 4) is 10.6 Å². The summed E-state index contributed by atoms with van der Waals surface area (Å²) in [5, 5.41) is 14.6. The number of hydrogen-bond acceptors (Lipinski definition) is 6. The van der Waals surface area contributed by atoms with Gasteiger partial charge in [-0.25, -0.2) is 9.82 Å². The van der Waals surface area contributed by atoms with Crippen LogP contribution in [0.25, 0.3) is 10.6 Å². The summed E-state index contributed by atoms with van der Waals surface area (Å²) < 4.78 is 12.8. The summed E-state index contributed by atoms with van der Waals surface area (Å²) in [5.41, 5.74) is 3.52. The van der Waals surface area contributed by atoms with Gasteiger partial charge in [-0.1, -0.05) is 53.8 Å². The van der Waals surface area contributed by atoms with Crippen LogP contribution in [0.3, 0.4) is 0 Å². The molecule has 2 aromatic carbocycles. The van der Waals surface area contributed by atoms with E-state index in [1.54, 1.807) is 0 Å². The SMILES string of the molecule is O=C(N/N=C\c1ccc(F)cc1)C(=O)Nc1nnc(-c2ccccc2)s1. The summed E-state index contributed by atoms with van der Waals surface area (Å²) in [6.45, 7) is 0. The van der Waals surface area contributed by atoms with Gasteiger partial charge in [-0.05, 0) is 17.7 Å². The van der Waals surface area contributed by atoms with Gasteiger partial charge in [-0.15, -0.1) is 10.2 Å². The molecule has 0 radical (unpaired) electrons. The molecule has 2 N–H and O–H groups in total. The lowest BCUT2D eigenvalue weighted by atomic mass is 10.2. The quantitative estimate of drug-likeness (QED) is 0.419. The van der Waals surface area contributed by atoms with Gasteiger partial charge in [0.1, 0.15) is 10.8 Å². The van der Waals surface area contributed by atoms with E-state index in [0.29, 0.717) is 10.6 Å². The van der Waals surface area contributed by atoms with Crippen molar-refractivity contribution in [3.63, 3.8) is 0 Å². The van der Waals surface area contributed by atoms with E-state index in [2.05, 4.69) is 26.0 Å². The van der Waals surface area contributed by atoms with Gasteiger partial charge in [0.25, 0.3) is 0 Å². The average molecular weight is 369 g/mol. The van der Waals surface area contributed by atoms with Crippen LogP contribution in [0.1, 0.15) is 5.56 Å². The lowest BCUT2D eigenvalue weighted by Gasteiger charge is -1.99. The number of carbonyl (C=O) groups excluding carboxylic acids is 2. The maximum Gasteiger partial charge on any atom is 0.329 e. The second kappa shape index (κ2) is 8.08. The Morgan fingerprint density at radius 3 is 2.46 bits per heavy atom. The van der Waals surface area contributed by atoms with Gasteiger partial charge in [0.05, 0.1) is 6.21 Å². The van der Waals surface area contributed by atoms with Crippen LogP contribution in [0.4, 0.5) is 9.52 Å². The number of benzene rings is 2. The van der Waals surface area contributed by atoms with Gasteiger partial charge < -0.3 is 0 Å². The third-order valence-corrected chi connectivity index (χ3v) is 4.01. The lowest BCUT2D eigenvalue weighted by Crippen LogP contribution is -2.32. The van der Waals surface area contributed by atoms with Crippen LogP contribution in [0.15, 0.2) is 59.7 Å². The van der Waals surface area contributed by atoms with Crippen LogP contribution in [0.2, 0.25) is 0 Å². The number of aromatic nitrogens is 2. The van der Waals surface area contributed by atoms with Gasteiger partial charge >= 0.3 is 11.8 Å². The molecule has 0 spiro atoms. The molecule has 9 heteroatoms. The first-order valence-electron chi connectivity index (χ1n) is 7.41. The average Bonchev–Trinajstić information content (AvgIpc) is 3.12. The molecular weight excluding hydrogens is 357 g/mol. The van der Waals surface area contributed by atoms with Gasteiger partial charge in [-0.3, -0.25) is 14.9 Å². The highest BCUT2D eigenvalue weighted by Crippen LogP contribution is 2.25. The number of hydrogen-bond donors (Lipinski definition) is 2.